The molecule has 0 fully saturated rings. The number of nitrogens with one attached hydrogen (secondary N) is 1. The molecule has 0 saturated heterocycles. The summed E-state index contributed by atoms with van der Waals surface area (Å²) in [5.41, 5.74) is 2.03. The van der Waals surface area contributed by atoms with Crippen molar-refractivity contribution in [3.63, 3.8) is 0 Å². The second-order valence-corrected chi connectivity index (χ2v) is 4.00. The minimum Gasteiger partial charge on any atom is -0.364 e. The van der Waals surface area contributed by atoms with Crippen molar-refractivity contribution in [3.8, 4) is 0 Å². The zero-order valence-corrected chi connectivity index (χ0v) is 10.6. The number of halogens is 1. The van der Waals surface area contributed by atoms with Gasteiger partial charge in [-0.05, 0) is 12.5 Å². The van der Waals surface area contributed by atoms with Crippen LogP contribution >= 0.6 is 11.6 Å². The zero-order valence-electron chi connectivity index (χ0n) is 9.81. The number of hydrogen-bond donors (Lipinski definition) is 1. The van der Waals surface area contributed by atoms with Crippen LogP contribution < -0.4 is 5.32 Å². The minimum absolute atomic E-state index is 0.509. The molecular formula is C11H14ClN5. The highest BCUT2D eigenvalue weighted by Crippen LogP contribution is 2.20. The van der Waals surface area contributed by atoms with Gasteiger partial charge in [-0.3, -0.25) is 4.68 Å². The van der Waals surface area contributed by atoms with Crippen molar-refractivity contribution >= 4 is 17.4 Å². The molecule has 6 heteroatoms. The molecule has 0 unspecified atom stereocenters. The van der Waals surface area contributed by atoms with Gasteiger partial charge in [-0.15, -0.1) is 0 Å². The summed E-state index contributed by atoms with van der Waals surface area (Å²) < 4.78 is 1.82. The van der Waals surface area contributed by atoms with E-state index in [0.29, 0.717) is 11.7 Å². The van der Waals surface area contributed by atoms with Crippen LogP contribution in [0, 0.1) is 0 Å². The molecule has 0 amide bonds. The van der Waals surface area contributed by atoms with E-state index in [2.05, 4.69) is 20.4 Å². The molecule has 17 heavy (non-hydrogen) atoms. The molecule has 2 heterocycles. The molecule has 2 aromatic rings. The highest BCUT2D eigenvalue weighted by Gasteiger charge is 2.08. The number of aromatic nitrogens is 4. The van der Waals surface area contributed by atoms with E-state index in [-0.39, 0.29) is 0 Å². The second-order valence-electron chi connectivity index (χ2n) is 3.64. The molecule has 0 bridgehead atoms. The number of anilines is 1. The molecule has 0 aliphatic heterocycles. The molecule has 0 saturated carbocycles. The third-order valence-electron chi connectivity index (χ3n) is 2.61. The van der Waals surface area contributed by atoms with Gasteiger partial charge in [0.1, 0.15) is 17.3 Å². The van der Waals surface area contributed by atoms with E-state index in [1.807, 2.05) is 24.7 Å². The number of hydrogen-bond acceptors (Lipinski definition) is 4. The van der Waals surface area contributed by atoms with Crippen LogP contribution in [0.5, 0.6) is 0 Å². The van der Waals surface area contributed by atoms with Crippen LogP contribution in [0.3, 0.4) is 0 Å². The third-order valence-corrected chi connectivity index (χ3v) is 2.93. The predicted molar refractivity (Wildman–Crippen MR) is 67.0 cm³/mol. The van der Waals surface area contributed by atoms with Crippen LogP contribution in [-0.2, 0) is 20.0 Å². The molecule has 0 spiro atoms. The summed E-state index contributed by atoms with van der Waals surface area (Å²) in [5, 5.41) is 7.87. The lowest BCUT2D eigenvalue weighted by atomic mass is 10.2. The van der Waals surface area contributed by atoms with Crippen LogP contribution in [0.2, 0.25) is 5.15 Å². The average molecular weight is 252 g/mol. The van der Waals surface area contributed by atoms with Crippen molar-refractivity contribution in [1.29, 1.82) is 0 Å². The number of aryl methyl sites for hydroxylation is 1. The van der Waals surface area contributed by atoms with E-state index in [1.54, 1.807) is 6.20 Å². The summed E-state index contributed by atoms with van der Waals surface area (Å²) >= 11 is 6.01. The average Bonchev–Trinajstić information content (AvgIpc) is 2.72. The van der Waals surface area contributed by atoms with Gasteiger partial charge in [0.2, 0.25) is 0 Å². The highest BCUT2D eigenvalue weighted by atomic mass is 35.5. The predicted octanol–water partition coefficient (Wildman–Crippen LogP) is 2.04. The van der Waals surface area contributed by atoms with Gasteiger partial charge in [0.05, 0.1) is 12.2 Å². The van der Waals surface area contributed by atoms with Crippen molar-refractivity contribution < 1.29 is 0 Å². The van der Waals surface area contributed by atoms with Crippen LogP contribution in [0.15, 0.2) is 18.6 Å². The van der Waals surface area contributed by atoms with Crippen LogP contribution in [0.1, 0.15) is 18.2 Å². The maximum Gasteiger partial charge on any atom is 0.137 e. The zero-order chi connectivity index (χ0) is 12.3. The Kier molecular flexibility index (Phi) is 3.58. The first-order chi connectivity index (χ1) is 8.22. The number of rotatable bonds is 4. The van der Waals surface area contributed by atoms with Crippen molar-refractivity contribution in [2.24, 2.45) is 7.05 Å². The molecule has 2 aromatic heterocycles. The maximum absolute atomic E-state index is 6.01. The first kappa shape index (κ1) is 11.9. The van der Waals surface area contributed by atoms with Gasteiger partial charge in [-0.1, -0.05) is 18.5 Å². The molecule has 0 aliphatic rings. The second kappa shape index (κ2) is 5.14. The summed E-state index contributed by atoms with van der Waals surface area (Å²) in [6.07, 6.45) is 4.03. The summed E-state index contributed by atoms with van der Waals surface area (Å²) in [7, 11) is 1.91. The van der Waals surface area contributed by atoms with Crippen molar-refractivity contribution in [2.45, 2.75) is 19.9 Å². The molecule has 2 rings (SSSR count). The minimum atomic E-state index is 0.509. The van der Waals surface area contributed by atoms with Crippen molar-refractivity contribution in [2.75, 3.05) is 5.32 Å². The summed E-state index contributed by atoms with van der Waals surface area (Å²) in [5.74, 6) is 0.786. The first-order valence-electron chi connectivity index (χ1n) is 5.42. The van der Waals surface area contributed by atoms with Crippen LogP contribution in [-0.4, -0.2) is 19.7 Å². The Balaban J connectivity index is 2.14. The Bertz CT molecular complexity index is 508. The number of nitrogens with zero attached hydrogens (tertiary/aromatic N) is 4. The lowest BCUT2D eigenvalue weighted by Crippen LogP contribution is -2.08. The normalized spacial score (nSPS) is 10.5. The molecular weight excluding hydrogens is 238 g/mol. The topological polar surface area (TPSA) is 55.6 Å². The smallest absolute Gasteiger partial charge is 0.137 e. The summed E-state index contributed by atoms with van der Waals surface area (Å²) in [4.78, 5) is 8.17. The molecule has 90 valence electrons. The van der Waals surface area contributed by atoms with Crippen molar-refractivity contribution in [1.82, 2.24) is 19.7 Å². The van der Waals surface area contributed by atoms with Crippen molar-refractivity contribution in [3.05, 3.63) is 35.0 Å². The van der Waals surface area contributed by atoms with Gasteiger partial charge in [0.25, 0.3) is 0 Å². The van der Waals surface area contributed by atoms with E-state index in [4.69, 9.17) is 11.6 Å². The molecule has 0 radical (unpaired) electrons. The van der Waals surface area contributed by atoms with E-state index < -0.39 is 0 Å². The van der Waals surface area contributed by atoms with Gasteiger partial charge in [-0.2, -0.15) is 5.10 Å². The molecule has 0 aromatic carbocycles. The molecule has 0 aliphatic carbocycles. The molecule has 5 nitrogen and oxygen atoms in total. The fourth-order valence-corrected chi connectivity index (χ4v) is 1.87. The van der Waals surface area contributed by atoms with E-state index in [1.165, 1.54) is 6.33 Å². The Labute approximate surface area is 105 Å². The van der Waals surface area contributed by atoms with Crippen LogP contribution in [0.4, 0.5) is 5.82 Å². The highest BCUT2D eigenvalue weighted by molar-refractivity contribution is 6.30. The quantitative estimate of drug-likeness (QED) is 0.845. The maximum atomic E-state index is 6.01. The monoisotopic (exact) mass is 251 g/mol. The van der Waals surface area contributed by atoms with Crippen LogP contribution in [0.25, 0.3) is 0 Å². The molecule has 1 N–H and O–H groups in total. The van der Waals surface area contributed by atoms with E-state index in [9.17, 15) is 0 Å². The van der Waals surface area contributed by atoms with Gasteiger partial charge in [0.15, 0.2) is 0 Å². The van der Waals surface area contributed by atoms with E-state index >= 15 is 0 Å². The lowest BCUT2D eigenvalue weighted by molar-refractivity contribution is 0.719. The Morgan fingerprint density at radius 2 is 2.24 bits per heavy atom. The largest absolute Gasteiger partial charge is 0.364 e. The SMILES string of the molecule is CCc1c(Cl)ncnc1NCc1ccnn1C. The standard InChI is InChI=1S/C11H14ClN5/c1-3-9-10(12)14-7-15-11(9)13-6-8-4-5-16-17(8)2/h4-5,7H,3,6H2,1-2H3,(H,13,14,15). The fraction of sp³-hybridized carbons (Fsp3) is 0.364. The van der Waals surface area contributed by atoms with Gasteiger partial charge in [0, 0.05) is 18.8 Å². The summed E-state index contributed by atoms with van der Waals surface area (Å²) in [6.45, 7) is 2.69. The van der Waals surface area contributed by atoms with E-state index in [0.717, 1.165) is 23.5 Å². The lowest BCUT2D eigenvalue weighted by Gasteiger charge is -2.10. The summed E-state index contributed by atoms with van der Waals surface area (Å²) in [6, 6.07) is 1.96. The van der Waals surface area contributed by atoms with Gasteiger partial charge in [-0.25, -0.2) is 9.97 Å². The molecule has 0 atom stereocenters. The Morgan fingerprint density at radius 3 is 2.88 bits per heavy atom. The third kappa shape index (κ3) is 2.55. The van der Waals surface area contributed by atoms with Gasteiger partial charge >= 0.3 is 0 Å². The Hall–Kier alpha value is -1.62. The first-order valence-corrected chi connectivity index (χ1v) is 5.80. The fourth-order valence-electron chi connectivity index (χ4n) is 1.61. The Morgan fingerprint density at radius 1 is 1.41 bits per heavy atom. The van der Waals surface area contributed by atoms with Gasteiger partial charge < -0.3 is 5.32 Å².